The summed E-state index contributed by atoms with van der Waals surface area (Å²) in [6, 6.07) is 3.92. The third-order valence-corrected chi connectivity index (χ3v) is 5.52. The van der Waals surface area contributed by atoms with Gasteiger partial charge in [0.1, 0.15) is 0 Å². The minimum Gasteiger partial charge on any atom is -0.493 e. The first-order valence-corrected chi connectivity index (χ1v) is 9.03. The van der Waals surface area contributed by atoms with E-state index in [0.717, 1.165) is 36.1 Å². The third kappa shape index (κ3) is 3.20. The van der Waals surface area contributed by atoms with Crippen LogP contribution in [0.5, 0.6) is 11.5 Å². The van der Waals surface area contributed by atoms with Gasteiger partial charge in [-0.2, -0.15) is 0 Å². The summed E-state index contributed by atoms with van der Waals surface area (Å²) in [5.74, 6) is 0.460. The van der Waals surface area contributed by atoms with Crippen molar-refractivity contribution in [1.29, 1.82) is 0 Å². The second kappa shape index (κ2) is 6.98. The molecule has 5 nitrogen and oxygen atoms in total. The van der Waals surface area contributed by atoms with Crippen LogP contribution in [-0.2, 0) is 11.2 Å². The van der Waals surface area contributed by atoms with Gasteiger partial charge in [0, 0.05) is 11.1 Å². The zero-order chi connectivity index (χ0) is 18.0. The molecule has 5 heteroatoms. The van der Waals surface area contributed by atoms with Crippen LogP contribution in [-0.4, -0.2) is 30.8 Å². The molecule has 0 saturated heterocycles. The maximum Gasteiger partial charge on any atom is 0.333 e. The van der Waals surface area contributed by atoms with Crippen LogP contribution in [0.2, 0.25) is 0 Å². The minimum absolute atomic E-state index is 0.0456. The van der Waals surface area contributed by atoms with Gasteiger partial charge in [-0.05, 0) is 43.4 Å². The van der Waals surface area contributed by atoms with Gasteiger partial charge in [-0.15, -0.1) is 0 Å². The predicted octanol–water partition coefficient (Wildman–Crippen LogP) is 3.76. The van der Waals surface area contributed by atoms with Crippen LogP contribution in [0.25, 0.3) is 5.70 Å². The number of ether oxygens (including phenoxy) is 2. The maximum atomic E-state index is 11.8. The normalized spacial score (nSPS) is 20.4. The Bertz CT molecular complexity index is 702. The van der Waals surface area contributed by atoms with Gasteiger partial charge in [-0.1, -0.05) is 26.2 Å². The van der Waals surface area contributed by atoms with Crippen LogP contribution < -0.4 is 14.8 Å². The Kier molecular flexibility index (Phi) is 4.93. The van der Waals surface area contributed by atoms with Crippen molar-refractivity contribution >= 4 is 11.7 Å². The summed E-state index contributed by atoms with van der Waals surface area (Å²) in [4.78, 5) is 11.8. The van der Waals surface area contributed by atoms with Crippen LogP contribution in [0.4, 0.5) is 0 Å². The van der Waals surface area contributed by atoms with E-state index in [1.807, 2.05) is 19.1 Å². The first kappa shape index (κ1) is 17.6. The minimum atomic E-state index is -0.862. The summed E-state index contributed by atoms with van der Waals surface area (Å²) in [5.41, 5.74) is 3.20. The number of carboxylic acid groups (broad SMARTS) is 1. The lowest BCUT2D eigenvalue weighted by molar-refractivity contribution is -0.132. The number of benzene rings is 1. The molecule has 0 radical (unpaired) electrons. The molecule has 1 aromatic rings. The van der Waals surface area contributed by atoms with E-state index in [4.69, 9.17) is 9.47 Å². The first-order valence-electron chi connectivity index (χ1n) is 9.03. The molecule has 0 bridgehead atoms. The Morgan fingerprint density at radius 2 is 1.80 bits per heavy atom. The number of hydrogen-bond donors (Lipinski definition) is 2. The van der Waals surface area contributed by atoms with Gasteiger partial charge in [0.05, 0.1) is 25.5 Å². The van der Waals surface area contributed by atoms with E-state index < -0.39 is 5.97 Å². The van der Waals surface area contributed by atoms with E-state index in [-0.39, 0.29) is 5.54 Å². The molecule has 1 spiro atoms. The summed E-state index contributed by atoms with van der Waals surface area (Å²) in [6.45, 7) is 1.89. The van der Waals surface area contributed by atoms with Crippen LogP contribution in [0.1, 0.15) is 56.6 Å². The highest BCUT2D eigenvalue weighted by molar-refractivity contribution is 5.97. The van der Waals surface area contributed by atoms with Crippen molar-refractivity contribution in [2.75, 3.05) is 14.2 Å². The summed E-state index contributed by atoms with van der Waals surface area (Å²) < 4.78 is 10.9. The van der Waals surface area contributed by atoms with E-state index in [0.29, 0.717) is 23.5 Å². The lowest BCUT2D eigenvalue weighted by Gasteiger charge is -2.44. The fourth-order valence-corrected chi connectivity index (χ4v) is 4.24. The molecule has 1 aliphatic heterocycles. The van der Waals surface area contributed by atoms with E-state index in [1.54, 1.807) is 14.2 Å². The number of nitrogens with one attached hydrogen (secondary N) is 1. The van der Waals surface area contributed by atoms with Crippen molar-refractivity contribution in [3.8, 4) is 11.5 Å². The smallest absolute Gasteiger partial charge is 0.333 e. The molecule has 3 rings (SSSR count). The Morgan fingerprint density at radius 1 is 1.16 bits per heavy atom. The summed E-state index contributed by atoms with van der Waals surface area (Å²) >= 11 is 0. The Hall–Kier alpha value is -2.17. The molecule has 1 aromatic carbocycles. The van der Waals surface area contributed by atoms with E-state index >= 15 is 0 Å². The SMILES string of the molecule is CCC(C(=O)O)=C1NC2(CCCCC2)Cc2cc(OC)c(OC)cc21. The summed E-state index contributed by atoms with van der Waals surface area (Å²) in [7, 11) is 3.23. The van der Waals surface area contributed by atoms with E-state index in [2.05, 4.69) is 5.32 Å². The molecule has 1 heterocycles. The molecule has 0 amide bonds. The lowest BCUT2D eigenvalue weighted by atomic mass is 9.73. The number of rotatable bonds is 4. The van der Waals surface area contributed by atoms with Crippen molar-refractivity contribution in [2.45, 2.75) is 57.4 Å². The molecule has 1 aliphatic carbocycles. The molecular weight excluding hydrogens is 318 g/mol. The predicted molar refractivity (Wildman–Crippen MR) is 97.0 cm³/mol. The van der Waals surface area contributed by atoms with Crippen LogP contribution in [0.3, 0.4) is 0 Å². The maximum absolute atomic E-state index is 11.8. The zero-order valence-electron chi connectivity index (χ0n) is 15.3. The van der Waals surface area contributed by atoms with Crippen LogP contribution in [0.15, 0.2) is 17.7 Å². The van der Waals surface area contributed by atoms with Crippen LogP contribution in [0, 0.1) is 0 Å². The average molecular weight is 345 g/mol. The molecule has 1 fully saturated rings. The summed E-state index contributed by atoms with van der Waals surface area (Å²) in [5, 5.41) is 13.4. The summed E-state index contributed by atoms with van der Waals surface area (Å²) in [6.07, 6.45) is 7.11. The standard InChI is InChI=1S/C20H27NO4/c1-4-14(19(22)23)18-15-11-17(25-3)16(24-2)10-13(15)12-20(21-18)8-6-5-7-9-20/h10-11,21H,4-9,12H2,1-3H3,(H,22,23). The Labute approximate surface area is 149 Å². The van der Waals surface area contributed by atoms with Gasteiger partial charge in [0.2, 0.25) is 0 Å². The van der Waals surface area contributed by atoms with Crippen molar-refractivity contribution in [2.24, 2.45) is 0 Å². The lowest BCUT2D eigenvalue weighted by Crippen LogP contribution is -2.50. The highest BCUT2D eigenvalue weighted by Crippen LogP contribution is 2.43. The van der Waals surface area contributed by atoms with Gasteiger partial charge in [-0.25, -0.2) is 4.79 Å². The number of carbonyl (C=O) groups is 1. The monoisotopic (exact) mass is 345 g/mol. The third-order valence-electron chi connectivity index (χ3n) is 5.52. The fraction of sp³-hybridized carbons (Fsp3) is 0.550. The number of carboxylic acids is 1. The first-order chi connectivity index (χ1) is 12.0. The molecule has 0 aromatic heterocycles. The molecule has 2 aliphatic rings. The van der Waals surface area contributed by atoms with Gasteiger partial charge < -0.3 is 19.9 Å². The largest absolute Gasteiger partial charge is 0.493 e. The molecular formula is C20H27NO4. The van der Waals surface area contributed by atoms with E-state index in [9.17, 15) is 9.90 Å². The fourth-order valence-electron chi connectivity index (χ4n) is 4.24. The molecule has 25 heavy (non-hydrogen) atoms. The zero-order valence-corrected chi connectivity index (χ0v) is 15.3. The Balaban J connectivity index is 2.20. The van der Waals surface area contributed by atoms with E-state index in [1.165, 1.54) is 19.3 Å². The van der Waals surface area contributed by atoms with Gasteiger partial charge in [0.25, 0.3) is 0 Å². The molecule has 136 valence electrons. The second-order valence-electron chi connectivity index (χ2n) is 7.02. The topological polar surface area (TPSA) is 67.8 Å². The van der Waals surface area contributed by atoms with Crippen molar-refractivity contribution in [3.05, 3.63) is 28.8 Å². The number of hydrogen-bond acceptors (Lipinski definition) is 4. The highest BCUT2D eigenvalue weighted by atomic mass is 16.5. The molecule has 0 atom stereocenters. The van der Waals surface area contributed by atoms with Gasteiger partial charge >= 0.3 is 5.97 Å². The Morgan fingerprint density at radius 3 is 2.36 bits per heavy atom. The molecule has 0 unspecified atom stereocenters. The second-order valence-corrected chi connectivity index (χ2v) is 7.02. The highest BCUT2D eigenvalue weighted by Gasteiger charge is 2.39. The number of methoxy groups -OCH3 is 2. The number of fused-ring (bicyclic) bond motifs is 1. The quantitative estimate of drug-likeness (QED) is 0.813. The van der Waals surface area contributed by atoms with Crippen molar-refractivity contribution in [1.82, 2.24) is 5.32 Å². The average Bonchev–Trinajstić information content (AvgIpc) is 2.61. The number of aliphatic carboxylic acids is 1. The molecule has 1 saturated carbocycles. The van der Waals surface area contributed by atoms with Crippen molar-refractivity contribution in [3.63, 3.8) is 0 Å². The van der Waals surface area contributed by atoms with Crippen LogP contribution >= 0.6 is 0 Å². The van der Waals surface area contributed by atoms with Crippen molar-refractivity contribution < 1.29 is 19.4 Å². The van der Waals surface area contributed by atoms with Gasteiger partial charge in [0.15, 0.2) is 11.5 Å². The molecule has 2 N–H and O–H groups in total. The van der Waals surface area contributed by atoms with Gasteiger partial charge in [-0.3, -0.25) is 0 Å².